The Kier molecular flexibility index (Phi) is 5.73. The van der Waals surface area contributed by atoms with Crippen molar-refractivity contribution in [1.82, 2.24) is 9.97 Å². The predicted molar refractivity (Wildman–Crippen MR) is 113 cm³/mol. The fourth-order valence-corrected chi connectivity index (χ4v) is 3.23. The van der Waals surface area contributed by atoms with Crippen molar-refractivity contribution < 1.29 is 4.74 Å². The number of nitrogens with zero attached hydrogens (tertiary/aromatic N) is 4. The van der Waals surface area contributed by atoms with Gasteiger partial charge in [0.2, 0.25) is 0 Å². The number of aromatic nitrogens is 2. The molecule has 0 aliphatic carbocycles. The molecule has 0 saturated carbocycles. The first-order valence-corrected chi connectivity index (χ1v) is 9.60. The van der Waals surface area contributed by atoms with Crippen LogP contribution in [0.2, 0.25) is 0 Å². The summed E-state index contributed by atoms with van der Waals surface area (Å²) < 4.78 is 5.48. The smallest absolute Gasteiger partial charge is 0.161 e. The molecule has 1 aromatic heterocycles. The van der Waals surface area contributed by atoms with E-state index in [2.05, 4.69) is 35.0 Å². The summed E-state index contributed by atoms with van der Waals surface area (Å²) in [5.41, 5.74) is 4.26. The van der Waals surface area contributed by atoms with E-state index in [0.717, 1.165) is 54.8 Å². The van der Waals surface area contributed by atoms with Crippen molar-refractivity contribution in [2.24, 2.45) is 4.99 Å². The van der Waals surface area contributed by atoms with Crippen LogP contribution in [0.4, 0.5) is 5.82 Å². The lowest BCUT2D eigenvalue weighted by Crippen LogP contribution is -2.37. The van der Waals surface area contributed by atoms with Crippen LogP contribution in [0.1, 0.15) is 16.8 Å². The number of ether oxygens (including phenoxy) is 1. The first-order valence-electron chi connectivity index (χ1n) is 9.60. The third-order valence-corrected chi connectivity index (χ3v) is 4.67. The highest BCUT2D eigenvalue weighted by molar-refractivity contribution is 5.79. The highest BCUT2D eigenvalue weighted by Gasteiger charge is 2.15. The summed E-state index contributed by atoms with van der Waals surface area (Å²) >= 11 is 0. The molecular weight excluding hydrogens is 348 g/mol. The van der Waals surface area contributed by atoms with E-state index in [4.69, 9.17) is 14.7 Å². The van der Waals surface area contributed by atoms with Crippen molar-refractivity contribution in [1.29, 1.82) is 0 Å². The molecule has 1 aliphatic rings. The van der Waals surface area contributed by atoms with Crippen molar-refractivity contribution in [2.45, 2.75) is 13.5 Å². The van der Waals surface area contributed by atoms with Crippen molar-refractivity contribution in [2.75, 3.05) is 31.2 Å². The maximum Gasteiger partial charge on any atom is 0.161 e. The van der Waals surface area contributed by atoms with Crippen LogP contribution in [0.5, 0.6) is 0 Å². The molecule has 1 fully saturated rings. The Labute approximate surface area is 165 Å². The Morgan fingerprint density at radius 1 is 1.00 bits per heavy atom. The van der Waals surface area contributed by atoms with E-state index in [-0.39, 0.29) is 0 Å². The number of hydrogen-bond acceptors (Lipinski definition) is 5. The van der Waals surface area contributed by atoms with Gasteiger partial charge in [0.05, 0.1) is 25.5 Å². The van der Waals surface area contributed by atoms with Gasteiger partial charge in [-0.3, -0.25) is 4.99 Å². The largest absolute Gasteiger partial charge is 0.378 e. The second-order valence-corrected chi connectivity index (χ2v) is 6.89. The van der Waals surface area contributed by atoms with Crippen LogP contribution >= 0.6 is 0 Å². The standard InChI is InChI=1S/C23H24N4O/c1-18-6-5-7-19(14-18)16-24-17-21-15-22(27-10-12-28-13-11-27)26-23(25-21)20-8-3-2-4-9-20/h2-9,14-16H,10-13,17H2,1H3. The zero-order valence-electron chi connectivity index (χ0n) is 16.1. The molecule has 0 radical (unpaired) electrons. The molecule has 0 spiro atoms. The summed E-state index contributed by atoms with van der Waals surface area (Å²) in [7, 11) is 0. The summed E-state index contributed by atoms with van der Waals surface area (Å²) in [5, 5.41) is 0. The predicted octanol–water partition coefficient (Wildman–Crippen LogP) is 3.91. The molecule has 0 atom stereocenters. The van der Waals surface area contributed by atoms with Gasteiger partial charge in [-0.2, -0.15) is 0 Å². The molecule has 5 heteroatoms. The molecule has 2 aromatic carbocycles. The Balaban J connectivity index is 1.61. The number of aryl methyl sites for hydroxylation is 1. The van der Waals surface area contributed by atoms with Gasteiger partial charge < -0.3 is 9.64 Å². The summed E-state index contributed by atoms with van der Waals surface area (Å²) in [6.07, 6.45) is 1.91. The van der Waals surface area contributed by atoms with Gasteiger partial charge in [0.25, 0.3) is 0 Å². The minimum Gasteiger partial charge on any atom is -0.378 e. The quantitative estimate of drug-likeness (QED) is 0.637. The van der Waals surface area contributed by atoms with Gasteiger partial charge in [0, 0.05) is 30.9 Å². The number of aliphatic imine (C=N–C) groups is 1. The number of morpholine rings is 1. The van der Waals surface area contributed by atoms with Crippen molar-refractivity contribution >= 4 is 12.0 Å². The molecule has 1 saturated heterocycles. The van der Waals surface area contributed by atoms with E-state index in [1.54, 1.807) is 0 Å². The summed E-state index contributed by atoms with van der Waals surface area (Å²) in [5.74, 6) is 1.68. The lowest BCUT2D eigenvalue weighted by atomic mass is 10.1. The third-order valence-electron chi connectivity index (χ3n) is 4.67. The zero-order chi connectivity index (χ0) is 19.2. The van der Waals surface area contributed by atoms with Crippen molar-refractivity contribution in [3.05, 3.63) is 77.5 Å². The van der Waals surface area contributed by atoms with E-state index in [1.165, 1.54) is 5.56 Å². The molecular formula is C23H24N4O. The number of anilines is 1. The normalized spacial score (nSPS) is 14.5. The van der Waals surface area contributed by atoms with Gasteiger partial charge in [-0.25, -0.2) is 9.97 Å². The van der Waals surface area contributed by atoms with Crippen molar-refractivity contribution in [3.8, 4) is 11.4 Å². The highest BCUT2D eigenvalue weighted by Crippen LogP contribution is 2.21. The summed E-state index contributed by atoms with van der Waals surface area (Å²) in [4.78, 5) is 16.4. The van der Waals surface area contributed by atoms with E-state index >= 15 is 0 Å². The molecule has 0 bridgehead atoms. The van der Waals surface area contributed by atoms with Crippen molar-refractivity contribution in [3.63, 3.8) is 0 Å². The van der Waals surface area contributed by atoms with Crippen LogP contribution in [0.3, 0.4) is 0 Å². The average molecular weight is 372 g/mol. The number of benzene rings is 2. The number of hydrogen-bond donors (Lipinski definition) is 0. The first-order chi connectivity index (χ1) is 13.8. The van der Waals surface area contributed by atoms with Gasteiger partial charge >= 0.3 is 0 Å². The zero-order valence-corrected chi connectivity index (χ0v) is 16.1. The van der Waals surface area contributed by atoms with Gasteiger partial charge in [-0.05, 0) is 12.5 Å². The monoisotopic (exact) mass is 372 g/mol. The second-order valence-electron chi connectivity index (χ2n) is 6.89. The summed E-state index contributed by atoms with van der Waals surface area (Å²) in [6, 6.07) is 20.5. The maximum atomic E-state index is 5.48. The van der Waals surface area contributed by atoms with Crippen LogP contribution in [0, 0.1) is 6.92 Å². The van der Waals surface area contributed by atoms with Crippen LogP contribution in [-0.4, -0.2) is 42.5 Å². The summed E-state index contributed by atoms with van der Waals surface area (Å²) in [6.45, 7) is 5.75. The first kappa shape index (κ1) is 18.3. The Morgan fingerprint density at radius 2 is 1.82 bits per heavy atom. The minimum atomic E-state index is 0.521. The highest BCUT2D eigenvalue weighted by atomic mass is 16.5. The van der Waals surface area contributed by atoms with E-state index in [9.17, 15) is 0 Å². The number of rotatable bonds is 5. The van der Waals surface area contributed by atoms with Crippen LogP contribution in [-0.2, 0) is 11.3 Å². The molecule has 28 heavy (non-hydrogen) atoms. The fourth-order valence-electron chi connectivity index (χ4n) is 3.23. The van der Waals surface area contributed by atoms with Crippen LogP contribution < -0.4 is 4.90 Å². The van der Waals surface area contributed by atoms with Crippen LogP contribution in [0.15, 0.2) is 65.7 Å². The molecule has 3 aromatic rings. The van der Waals surface area contributed by atoms with Gasteiger partial charge in [0.1, 0.15) is 5.82 Å². The lowest BCUT2D eigenvalue weighted by molar-refractivity contribution is 0.122. The van der Waals surface area contributed by atoms with Gasteiger partial charge in [-0.1, -0.05) is 60.2 Å². The van der Waals surface area contributed by atoms with E-state index in [0.29, 0.717) is 6.54 Å². The Hall–Kier alpha value is -3.05. The van der Waals surface area contributed by atoms with E-state index in [1.807, 2.05) is 48.7 Å². The molecule has 1 aliphatic heterocycles. The Morgan fingerprint density at radius 3 is 2.61 bits per heavy atom. The average Bonchev–Trinajstić information content (AvgIpc) is 2.75. The second kappa shape index (κ2) is 8.76. The molecule has 0 N–H and O–H groups in total. The molecule has 142 valence electrons. The molecule has 2 heterocycles. The SMILES string of the molecule is Cc1cccc(C=NCc2cc(N3CCOCC3)nc(-c3ccccc3)n2)c1. The van der Waals surface area contributed by atoms with E-state index < -0.39 is 0 Å². The Bertz CT molecular complexity index is 950. The van der Waals surface area contributed by atoms with Gasteiger partial charge in [0.15, 0.2) is 5.82 Å². The lowest BCUT2D eigenvalue weighted by Gasteiger charge is -2.28. The molecule has 5 nitrogen and oxygen atoms in total. The topological polar surface area (TPSA) is 50.6 Å². The van der Waals surface area contributed by atoms with Crippen LogP contribution in [0.25, 0.3) is 11.4 Å². The molecule has 0 amide bonds. The molecule has 0 unspecified atom stereocenters. The third kappa shape index (κ3) is 4.61. The maximum absolute atomic E-state index is 5.48. The van der Waals surface area contributed by atoms with Gasteiger partial charge in [-0.15, -0.1) is 0 Å². The fraction of sp³-hybridized carbons (Fsp3) is 0.261. The molecule has 4 rings (SSSR count). The minimum absolute atomic E-state index is 0.521.